The van der Waals surface area contributed by atoms with Crippen molar-refractivity contribution in [1.29, 1.82) is 0 Å². The number of anilines is 2. The van der Waals surface area contributed by atoms with Gasteiger partial charge in [-0.1, -0.05) is 35.9 Å². The fourth-order valence-corrected chi connectivity index (χ4v) is 2.01. The van der Waals surface area contributed by atoms with E-state index < -0.39 is 11.9 Å². The van der Waals surface area contributed by atoms with Gasteiger partial charge in [0, 0.05) is 17.8 Å². The van der Waals surface area contributed by atoms with E-state index >= 15 is 0 Å². The van der Waals surface area contributed by atoms with Gasteiger partial charge >= 0.3 is 5.97 Å². The van der Waals surface area contributed by atoms with E-state index in [0.717, 1.165) is 5.56 Å². The molecule has 0 aliphatic carbocycles. The first kappa shape index (κ1) is 18.2. The Morgan fingerprint density at radius 2 is 1.40 bits per heavy atom. The van der Waals surface area contributed by atoms with Crippen molar-refractivity contribution in [2.45, 2.75) is 19.8 Å². The molecule has 2 rings (SSSR count). The quantitative estimate of drug-likeness (QED) is 0.759. The molecule has 0 heterocycles. The second-order valence-corrected chi connectivity index (χ2v) is 5.49. The summed E-state index contributed by atoms with van der Waals surface area (Å²) in [7, 11) is 0. The number of carbonyl (C=O) groups excluding carboxylic acids is 3. The number of aryl methyl sites for hydroxylation is 1. The van der Waals surface area contributed by atoms with E-state index in [4.69, 9.17) is 4.74 Å². The van der Waals surface area contributed by atoms with Gasteiger partial charge in [-0.2, -0.15) is 0 Å². The molecule has 6 heteroatoms. The highest BCUT2D eigenvalue weighted by molar-refractivity contribution is 5.94. The van der Waals surface area contributed by atoms with Crippen LogP contribution in [0.5, 0.6) is 0 Å². The van der Waals surface area contributed by atoms with Gasteiger partial charge < -0.3 is 15.4 Å². The number of para-hydroxylation sites is 1. The summed E-state index contributed by atoms with van der Waals surface area (Å²) in [4.78, 5) is 35.1. The highest BCUT2D eigenvalue weighted by atomic mass is 16.5. The Hall–Kier alpha value is -3.15. The molecule has 0 radical (unpaired) electrons. The summed E-state index contributed by atoms with van der Waals surface area (Å²) in [5.41, 5.74) is 2.38. The van der Waals surface area contributed by atoms with Crippen LogP contribution in [-0.4, -0.2) is 24.4 Å². The van der Waals surface area contributed by atoms with Gasteiger partial charge in [-0.25, -0.2) is 0 Å². The molecule has 0 aliphatic rings. The Bertz CT molecular complexity index is 727. The lowest BCUT2D eigenvalue weighted by molar-refractivity contribution is -0.147. The molecular weight excluding hydrogens is 320 g/mol. The van der Waals surface area contributed by atoms with Crippen LogP contribution in [0.3, 0.4) is 0 Å². The van der Waals surface area contributed by atoms with Crippen molar-refractivity contribution < 1.29 is 19.1 Å². The van der Waals surface area contributed by atoms with E-state index in [0.29, 0.717) is 11.4 Å². The van der Waals surface area contributed by atoms with Crippen molar-refractivity contribution in [1.82, 2.24) is 0 Å². The highest BCUT2D eigenvalue weighted by Crippen LogP contribution is 2.09. The Morgan fingerprint density at radius 3 is 2.08 bits per heavy atom. The number of carbonyl (C=O) groups is 3. The predicted octanol–water partition coefficient (Wildman–Crippen LogP) is 2.90. The van der Waals surface area contributed by atoms with Gasteiger partial charge in [-0.15, -0.1) is 0 Å². The summed E-state index contributed by atoms with van der Waals surface area (Å²) < 4.78 is 4.87. The smallest absolute Gasteiger partial charge is 0.306 e. The summed E-state index contributed by atoms with van der Waals surface area (Å²) in [5, 5.41) is 5.30. The molecule has 0 unspecified atom stereocenters. The average Bonchev–Trinajstić information content (AvgIpc) is 2.61. The monoisotopic (exact) mass is 340 g/mol. The van der Waals surface area contributed by atoms with Gasteiger partial charge in [-0.3, -0.25) is 14.4 Å². The van der Waals surface area contributed by atoms with Gasteiger partial charge in [0.25, 0.3) is 5.91 Å². The van der Waals surface area contributed by atoms with Crippen LogP contribution in [0.2, 0.25) is 0 Å². The zero-order valence-corrected chi connectivity index (χ0v) is 14.0. The first-order valence-corrected chi connectivity index (χ1v) is 7.90. The van der Waals surface area contributed by atoms with Crippen molar-refractivity contribution in [2.75, 3.05) is 17.2 Å². The number of amides is 2. The van der Waals surface area contributed by atoms with Crippen molar-refractivity contribution >= 4 is 29.2 Å². The van der Waals surface area contributed by atoms with Gasteiger partial charge in [-0.05, 0) is 31.2 Å². The molecule has 0 saturated carbocycles. The molecule has 0 aliphatic heterocycles. The molecule has 2 N–H and O–H groups in total. The van der Waals surface area contributed by atoms with Crippen molar-refractivity contribution in [3.8, 4) is 0 Å². The fraction of sp³-hybridized carbons (Fsp3) is 0.211. The van der Waals surface area contributed by atoms with Crippen LogP contribution >= 0.6 is 0 Å². The third kappa shape index (κ3) is 6.87. The van der Waals surface area contributed by atoms with E-state index in [1.54, 1.807) is 36.4 Å². The van der Waals surface area contributed by atoms with Crippen LogP contribution in [0.25, 0.3) is 0 Å². The first-order chi connectivity index (χ1) is 12.0. The molecular formula is C19H20N2O4. The molecule has 130 valence electrons. The van der Waals surface area contributed by atoms with Crippen molar-refractivity contribution in [2.24, 2.45) is 0 Å². The summed E-state index contributed by atoms with van der Waals surface area (Å²) in [5.74, 6) is -1.31. The summed E-state index contributed by atoms with van der Waals surface area (Å²) >= 11 is 0. The normalized spacial score (nSPS) is 9.96. The maximum atomic E-state index is 11.7. The molecule has 0 fully saturated rings. The summed E-state index contributed by atoms with van der Waals surface area (Å²) in [6.07, 6.45) is -0.0935. The molecule has 0 bridgehead atoms. The van der Waals surface area contributed by atoms with Gasteiger partial charge in [0.2, 0.25) is 5.91 Å². The van der Waals surface area contributed by atoms with Gasteiger partial charge in [0.15, 0.2) is 6.61 Å². The van der Waals surface area contributed by atoms with Crippen LogP contribution in [0.15, 0.2) is 54.6 Å². The number of hydrogen-bond donors (Lipinski definition) is 2. The topological polar surface area (TPSA) is 84.5 Å². The number of esters is 1. The van der Waals surface area contributed by atoms with Crippen LogP contribution in [0, 0.1) is 6.92 Å². The van der Waals surface area contributed by atoms with Crippen LogP contribution < -0.4 is 10.6 Å². The second-order valence-electron chi connectivity index (χ2n) is 5.49. The lowest BCUT2D eigenvalue weighted by atomic mass is 10.2. The zero-order chi connectivity index (χ0) is 18.1. The third-order valence-corrected chi connectivity index (χ3v) is 3.31. The Labute approximate surface area is 146 Å². The SMILES string of the molecule is Cc1ccc(NC(=O)COC(=O)CCC(=O)Nc2ccccc2)cc1. The van der Waals surface area contributed by atoms with Gasteiger partial charge in [0.05, 0.1) is 6.42 Å². The number of hydrogen-bond acceptors (Lipinski definition) is 4. The molecule has 0 atom stereocenters. The van der Waals surface area contributed by atoms with E-state index in [9.17, 15) is 14.4 Å². The minimum Gasteiger partial charge on any atom is -0.456 e. The van der Waals surface area contributed by atoms with Crippen molar-refractivity contribution in [3.63, 3.8) is 0 Å². The zero-order valence-electron chi connectivity index (χ0n) is 14.0. The molecule has 6 nitrogen and oxygen atoms in total. The van der Waals surface area contributed by atoms with Crippen LogP contribution in [0.4, 0.5) is 11.4 Å². The molecule has 0 spiro atoms. The van der Waals surface area contributed by atoms with E-state index in [1.165, 1.54) is 0 Å². The van der Waals surface area contributed by atoms with Crippen molar-refractivity contribution in [3.05, 3.63) is 60.2 Å². The lowest BCUT2D eigenvalue weighted by Gasteiger charge is -2.07. The minimum absolute atomic E-state index is 0.00664. The standard InChI is InChI=1S/C19H20N2O4/c1-14-7-9-16(10-8-14)21-18(23)13-25-19(24)12-11-17(22)20-15-5-3-2-4-6-15/h2-10H,11-13H2,1H3,(H,20,22)(H,21,23). The minimum atomic E-state index is -0.595. The first-order valence-electron chi connectivity index (χ1n) is 7.90. The Kier molecular flexibility index (Phi) is 6.71. The van der Waals surface area contributed by atoms with Crippen LogP contribution in [0.1, 0.15) is 18.4 Å². The molecule has 25 heavy (non-hydrogen) atoms. The van der Waals surface area contributed by atoms with Gasteiger partial charge in [0.1, 0.15) is 0 Å². The predicted molar refractivity (Wildman–Crippen MR) is 95.1 cm³/mol. The largest absolute Gasteiger partial charge is 0.456 e. The fourth-order valence-electron chi connectivity index (χ4n) is 2.01. The second kappa shape index (κ2) is 9.22. The maximum absolute atomic E-state index is 11.7. The molecule has 2 aromatic carbocycles. The van der Waals surface area contributed by atoms with E-state index in [1.807, 2.05) is 25.1 Å². The molecule has 2 aromatic rings. The average molecular weight is 340 g/mol. The highest BCUT2D eigenvalue weighted by Gasteiger charge is 2.11. The maximum Gasteiger partial charge on any atom is 0.306 e. The summed E-state index contributed by atoms with van der Waals surface area (Å²) in [6, 6.07) is 16.2. The number of benzene rings is 2. The van der Waals surface area contributed by atoms with Crippen LogP contribution in [-0.2, 0) is 19.1 Å². The lowest BCUT2D eigenvalue weighted by Crippen LogP contribution is -2.21. The summed E-state index contributed by atoms with van der Waals surface area (Å²) in [6.45, 7) is 1.56. The number of nitrogens with one attached hydrogen (secondary N) is 2. The molecule has 0 saturated heterocycles. The Balaban J connectivity index is 1.65. The number of rotatable bonds is 7. The Morgan fingerprint density at radius 1 is 0.800 bits per heavy atom. The molecule has 0 aromatic heterocycles. The molecule has 2 amide bonds. The van der Waals surface area contributed by atoms with E-state index in [-0.39, 0.29) is 25.4 Å². The third-order valence-electron chi connectivity index (χ3n) is 3.31. The van der Waals surface area contributed by atoms with E-state index in [2.05, 4.69) is 10.6 Å². The number of ether oxygens (including phenoxy) is 1.